The molecule has 2 unspecified atom stereocenters. The smallest absolute Gasteiger partial charge is 0.306 e. The highest BCUT2D eigenvalue weighted by molar-refractivity contribution is 5.70. The molecule has 1 fully saturated rings. The molecule has 14 heavy (non-hydrogen) atoms. The van der Waals surface area contributed by atoms with E-state index in [4.69, 9.17) is 4.74 Å². The third kappa shape index (κ3) is 3.62. The molecule has 0 spiro atoms. The van der Waals surface area contributed by atoms with Crippen molar-refractivity contribution in [2.24, 2.45) is 5.92 Å². The first-order chi connectivity index (χ1) is 6.38. The van der Waals surface area contributed by atoms with E-state index in [2.05, 4.69) is 5.32 Å². The van der Waals surface area contributed by atoms with Crippen molar-refractivity contribution in [2.45, 2.75) is 39.0 Å². The Kier molecular flexibility index (Phi) is 3.48. The van der Waals surface area contributed by atoms with Crippen molar-refractivity contribution in [3.05, 3.63) is 0 Å². The molecule has 0 aromatic rings. The monoisotopic (exact) mass is 203 g/mol. The SMILES string of the molecule is CC(C)(C)OC(=O)CC1CNCC1F. The largest absolute Gasteiger partial charge is 0.460 e. The van der Waals surface area contributed by atoms with E-state index >= 15 is 0 Å². The lowest BCUT2D eigenvalue weighted by atomic mass is 10.0. The highest BCUT2D eigenvalue weighted by Crippen LogP contribution is 2.19. The Morgan fingerprint density at radius 3 is 2.57 bits per heavy atom. The van der Waals surface area contributed by atoms with Crippen LogP contribution in [-0.4, -0.2) is 30.8 Å². The standard InChI is InChI=1S/C10H18FNO2/c1-10(2,3)14-9(13)4-7-5-12-6-8(7)11/h7-8,12H,4-6H2,1-3H3. The maximum atomic E-state index is 13.1. The fraction of sp³-hybridized carbons (Fsp3) is 0.900. The van der Waals surface area contributed by atoms with Crippen molar-refractivity contribution < 1.29 is 13.9 Å². The highest BCUT2D eigenvalue weighted by atomic mass is 19.1. The van der Waals surface area contributed by atoms with Crippen molar-refractivity contribution in [3.8, 4) is 0 Å². The Bertz CT molecular complexity index is 213. The molecule has 0 radical (unpaired) electrons. The number of carbonyl (C=O) groups excluding carboxylic acids is 1. The molecule has 82 valence electrons. The average Bonchev–Trinajstić information content (AvgIpc) is 2.32. The van der Waals surface area contributed by atoms with E-state index in [0.717, 1.165) is 0 Å². The van der Waals surface area contributed by atoms with E-state index in [1.807, 2.05) is 20.8 Å². The van der Waals surface area contributed by atoms with Crippen molar-refractivity contribution in [1.82, 2.24) is 5.32 Å². The Labute approximate surface area is 84.0 Å². The van der Waals surface area contributed by atoms with Crippen LogP contribution in [0.3, 0.4) is 0 Å². The zero-order valence-corrected chi connectivity index (χ0v) is 8.97. The van der Waals surface area contributed by atoms with E-state index in [-0.39, 0.29) is 18.3 Å². The molecule has 1 N–H and O–H groups in total. The first-order valence-electron chi connectivity index (χ1n) is 4.95. The molecule has 1 heterocycles. The van der Waals surface area contributed by atoms with Gasteiger partial charge in [-0.25, -0.2) is 4.39 Å². The number of halogens is 1. The van der Waals surface area contributed by atoms with Gasteiger partial charge in [0, 0.05) is 19.0 Å². The van der Waals surface area contributed by atoms with Crippen LogP contribution in [-0.2, 0) is 9.53 Å². The van der Waals surface area contributed by atoms with Gasteiger partial charge in [-0.2, -0.15) is 0 Å². The number of hydrogen-bond acceptors (Lipinski definition) is 3. The van der Waals surface area contributed by atoms with Crippen LogP contribution in [0.25, 0.3) is 0 Å². The van der Waals surface area contributed by atoms with Crippen LogP contribution < -0.4 is 5.32 Å². The van der Waals surface area contributed by atoms with E-state index < -0.39 is 11.8 Å². The molecule has 0 saturated carbocycles. The molecule has 0 bridgehead atoms. The normalized spacial score (nSPS) is 27.7. The molecule has 0 amide bonds. The van der Waals surface area contributed by atoms with E-state index in [1.165, 1.54) is 0 Å². The summed E-state index contributed by atoms with van der Waals surface area (Å²) in [6, 6.07) is 0. The average molecular weight is 203 g/mol. The minimum atomic E-state index is -0.914. The Hall–Kier alpha value is -0.640. The summed E-state index contributed by atoms with van der Waals surface area (Å²) in [6.07, 6.45) is -0.742. The lowest BCUT2D eigenvalue weighted by Gasteiger charge is -2.21. The second-order valence-corrected chi connectivity index (χ2v) is 4.72. The van der Waals surface area contributed by atoms with Gasteiger partial charge in [0.05, 0.1) is 6.42 Å². The van der Waals surface area contributed by atoms with E-state index in [0.29, 0.717) is 13.1 Å². The van der Waals surface area contributed by atoms with Crippen molar-refractivity contribution in [1.29, 1.82) is 0 Å². The number of ether oxygens (including phenoxy) is 1. The molecular formula is C10H18FNO2. The molecule has 1 rings (SSSR count). The number of hydrogen-bond donors (Lipinski definition) is 1. The van der Waals surface area contributed by atoms with Gasteiger partial charge in [0.1, 0.15) is 11.8 Å². The third-order valence-electron chi connectivity index (χ3n) is 2.11. The molecule has 1 aliphatic heterocycles. The van der Waals surface area contributed by atoms with Gasteiger partial charge in [-0.3, -0.25) is 4.79 Å². The number of carbonyl (C=O) groups is 1. The first kappa shape index (κ1) is 11.4. The van der Waals surface area contributed by atoms with Gasteiger partial charge in [0.25, 0.3) is 0 Å². The van der Waals surface area contributed by atoms with Crippen molar-refractivity contribution in [2.75, 3.05) is 13.1 Å². The van der Waals surface area contributed by atoms with E-state index in [9.17, 15) is 9.18 Å². The summed E-state index contributed by atoms with van der Waals surface area (Å²) in [6.45, 7) is 6.36. The molecule has 0 aliphatic carbocycles. The Morgan fingerprint density at radius 2 is 2.14 bits per heavy atom. The van der Waals surface area contributed by atoms with Crippen molar-refractivity contribution >= 4 is 5.97 Å². The van der Waals surface area contributed by atoms with Crippen molar-refractivity contribution in [3.63, 3.8) is 0 Å². The lowest BCUT2D eigenvalue weighted by Crippen LogP contribution is -2.27. The summed E-state index contributed by atoms with van der Waals surface area (Å²) < 4.78 is 18.2. The van der Waals surface area contributed by atoms with Crippen LogP contribution in [0, 0.1) is 5.92 Å². The predicted molar refractivity (Wildman–Crippen MR) is 51.7 cm³/mol. The maximum Gasteiger partial charge on any atom is 0.306 e. The van der Waals surface area contributed by atoms with Crippen LogP contribution >= 0.6 is 0 Å². The number of nitrogens with one attached hydrogen (secondary N) is 1. The molecule has 0 aromatic heterocycles. The van der Waals surface area contributed by atoms with Gasteiger partial charge >= 0.3 is 5.97 Å². The van der Waals surface area contributed by atoms with E-state index in [1.54, 1.807) is 0 Å². The molecule has 3 nitrogen and oxygen atoms in total. The fourth-order valence-electron chi connectivity index (χ4n) is 1.50. The highest BCUT2D eigenvalue weighted by Gasteiger charge is 2.30. The van der Waals surface area contributed by atoms with Gasteiger partial charge in [-0.05, 0) is 20.8 Å². The summed E-state index contributed by atoms with van der Waals surface area (Å²) in [5, 5.41) is 2.91. The molecular weight excluding hydrogens is 185 g/mol. The van der Waals surface area contributed by atoms with Crippen LogP contribution in [0.15, 0.2) is 0 Å². The number of rotatable bonds is 2. The topological polar surface area (TPSA) is 38.3 Å². The summed E-state index contributed by atoms with van der Waals surface area (Å²) in [5.74, 6) is -0.529. The molecule has 1 aliphatic rings. The van der Waals surface area contributed by atoms with Crippen LogP contribution in [0.2, 0.25) is 0 Å². The van der Waals surface area contributed by atoms with Crippen LogP contribution in [0.1, 0.15) is 27.2 Å². The van der Waals surface area contributed by atoms with Gasteiger partial charge < -0.3 is 10.1 Å². The summed E-state index contributed by atoms with van der Waals surface area (Å²) in [4.78, 5) is 11.3. The summed E-state index contributed by atoms with van der Waals surface area (Å²) in [7, 11) is 0. The van der Waals surface area contributed by atoms with Gasteiger partial charge in [0.2, 0.25) is 0 Å². The molecule has 4 heteroatoms. The zero-order chi connectivity index (χ0) is 10.8. The lowest BCUT2D eigenvalue weighted by molar-refractivity contribution is -0.156. The Morgan fingerprint density at radius 1 is 1.50 bits per heavy atom. The van der Waals surface area contributed by atoms with Gasteiger partial charge in [-0.1, -0.05) is 0 Å². The zero-order valence-electron chi connectivity index (χ0n) is 8.97. The second-order valence-electron chi connectivity index (χ2n) is 4.72. The molecule has 0 aromatic carbocycles. The molecule has 1 saturated heterocycles. The summed E-state index contributed by atoms with van der Waals surface area (Å²) in [5.41, 5.74) is -0.477. The number of alkyl halides is 1. The minimum absolute atomic E-state index is 0.172. The minimum Gasteiger partial charge on any atom is -0.460 e. The summed E-state index contributed by atoms with van der Waals surface area (Å²) >= 11 is 0. The van der Waals surface area contributed by atoms with Crippen LogP contribution in [0.5, 0.6) is 0 Å². The quantitative estimate of drug-likeness (QED) is 0.687. The Balaban J connectivity index is 2.33. The van der Waals surface area contributed by atoms with Gasteiger partial charge in [0.15, 0.2) is 0 Å². The molecule has 2 atom stereocenters. The predicted octanol–water partition coefficient (Wildman–Crippen LogP) is 1.28. The maximum absolute atomic E-state index is 13.1. The first-order valence-corrected chi connectivity index (χ1v) is 4.95. The van der Waals surface area contributed by atoms with Gasteiger partial charge in [-0.15, -0.1) is 0 Å². The third-order valence-corrected chi connectivity index (χ3v) is 2.11. The fourth-order valence-corrected chi connectivity index (χ4v) is 1.50. The second kappa shape index (κ2) is 4.26. The van der Waals surface area contributed by atoms with Crippen LogP contribution in [0.4, 0.5) is 4.39 Å². The number of esters is 1.